The average molecular weight is 320 g/mol. The zero-order chi connectivity index (χ0) is 17.4. The Kier molecular flexibility index (Phi) is 6.06. The third-order valence-electron chi connectivity index (χ3n) is 3.64. The monoisotopic (exact) mass is 320 g/mol. The van der Waals surface area contributed by atoms with Gasteiger partial charge in [0, 0.05) is 29.9 Å². The van der Waals surface area contributed by atoms with Gasteiger partial charge in [0.05, 0.1) is 0 Å². The number of rotatable bonds is 8. The molecule has 0 saturated heterocycles. The van der Waals surface area contributed by atoms with Crippen molar-refractivity contribution in [3.05, 3.63) is 77.3 Å². The molecule has 120 valence electrons. The van der Waals surface area contributed by atoms with Crippen molar-refractivity contribution in [1.29, 1.82) is 0 Å². The van der Waals surface area contributed by atoms with Crippen LogP contribution in [0.25, 0.3) is 5.53 Å². The molecule has 0 unspecified atom stereocenters. The second-order valence-corrected chi connectivity index (χ2v) is 5.33. The smallest absolute Gasteiger partial charge is 0.323 e. The molecule has 2 aromatic rings. The highest BCUT2D eigenvalue weighted by Gasteiger charge is 2.26. The first-order valence-corrected chi connectivity index (χ1v) is 7.49. The first-order valence-electron chi connectivity index (χ1n) is 7.49. The van der Waals surface area contributed by atoms with Crippen LogP contribution < -0.4 is 0 Å². The van der Waals surface area contributed by atoms with Gasteiger partial charge >= 0.3 is 6.21 Å². The molecule has 0 aromatic heterocycles. The number of hydrogen-bond donors (Lipinski definition) is 0. The first-order chi connectivity index (χ1) is 11.6. The number of hydrogen-bond acceptors (Lipinski definition) is 3. The number of Topliss-reactive ketones (excluding diaryl/α,β-unsaturated/α-hetero) is 3. The van der Waals surface area contributed by atoms with Crippen LogP contribution in [-0.2, 0) is 4.79 Å². The summed E-state index contributed by atoms with van der Waals surface area (Å²) in [6.07, 6.45) is 0.502. The zero-order valence-electron chi connectivity index (χ0n) is 13.0. The molecule has 0 radical (unpaired) electrons. The van der Waals surface area contributed by atoms with Crippen LogP contribution in [0.5, 0.6) is 0 Å². The second kappa shape index (κ2) is 8.46. The Morgan fingerprint density at radius 3 is 1.62 bits per heavy atom. The van der Waals surface area contributed by atoms with Gasteiger partial charge in [-0.3, -0.25) is 14.4 Å². The minimum atomic E-state index is -0.860. The minimum Gasteiger partial charge on any atom is -0.361 e. The van der Waals surface area contributed by atoms with E-state index in [9.17, 15) is 14.4 Å². The Morgan fingerprint density at radius 1 is 0.833 bits per heavy atom. The standard InChI is InChI=1S/C19H16N2O3/c20-21-13-19(24)16(11-17(22)14-7-3-1-4-8-14)12-18(23)15-9-5-2-6-10-15/h1-10,13,16H,11-12H2. The van der Waals surface area contributed by atoms with E-state index >= 15 is 0 Å². The zero-order valence-corrected chi connectivity index (χ0v) is 13.0. The van der Waals surface area contributed by atoms with Gasteiger partial charge in [-0.05, 0) is 0 Å². The normalized spacial score (nSPS) is 10.0. The van der Waals surface area contributed by atoms with Gasteiger partial charge in [0.15, 0.2) is 11.6 Å². The van der Waals surface area contributed by atoms with Gasteiger partial charge < -0.3 is 5.53 Å². The lowest BCUT2D eigenvalue weighted by Crippen LogP contribution is -2.23. The van der Waals surface area contributed by atoms with E-state index in [2.05, 4.69) is 4.79 Å². The van der Waals surface area contributed by atoms with E-state index in [1.54, 1.807) is 60.7 Å². The molecule has 0 heterocycles. The van der Waals surface area contributed by atoms with Crippen molar-refractivity contribution in [2.75, 3.05) is 0 Å². The van der Waals surface area contributed by atoms with Crippen LogP contribution in [0.1, 0.15) is 33.6 Å². The van der Waals surface area contributed by atoms with Crippen LogP contribution in [0.4, 0.5) is 0 Å². The SMILES string of the molecule is [N-]=[N+]=CC(=O)C(CC(=O)c1ccccc1)CC(=O)c1ccccc1. The molecular weight excluding hydrogens is 304 g/mol. The predicted molar refractivity (Wildman–Crippen MR) is 89.0 cm³/mol. The van der Waals surface area contributed by atoms with E-state index in [1.807, 2.05) is 0 Å². The maximum atomic E-state index is 12.3. The van der Waals surface area contributed by atoms with Crippen molar-refractivity contribution < 1.29 is 19.2 Å². The van der Waals surface area contributed by atoms with E-state index in [-0.39, 0.29) is 24.4 Å². The lowest BCUT2D eigenvalue weighted by molar-refractivity contribution is -0.119. The van der Waals surface area contributed by atoms with E-state index in [4.69, 9.17) is 5.53 Å². The van der Waals surface area contributed by atoms with Gasteiger partial charge in [0.2, 0.25) is 5.78 Å². The van der Waals surface area contributed by atoms with Crippen molar-refractivity contribution in [3.8, 4) is 0 Å². The van der Waals surface area contributed by atoms with E-state index in [0.717, 1.165) is 6.21 Å². The van der Waals surface area contributed by atoms with Crippen LogP contribution in [0.3, 0.4) is 0 Å². The topological polar surface area (TPSA) is 87.6 Å². The molecule has 0 atom stereocenters. The Labute approximate surface area is 139 Å². The Balaban J connectivity index is 2.16. The average Bonchev–Trinajstić information content (AvgIpc) is 2.62. The molecule has 5 nitrogen and oxygen atoms in total. The quantitative estimate of drug-likeness (QED) is 0.324. The van der Waals surface area contributed by atoms with Gasteiger partial charge in [0.1, 0.15) is 0 Å². The van der Waals surface area contributed by atoms with Crippen LogP contribution in [0.2, 0.25) is 0 Å². The highest BCUT2D eigenvalue weighted by atomic mass is 16.1. The lowest BCUT2D eigenvalue weighted by atomic mass is 9.89. The summed E-state index contributed by atoms with van der Waals surface area (Å²) in [5, 5.41) is 0. The Hall–Kier alpha value is -3.17. The van der Waals surface area contributed by atoms with Crippen LogP contribution in [0, 0.1) is 5.92 Å². The molecule has 0 bridgehead atoms. The van der Waals surface area contributed by atoms with Crippen LogP contribution >= 0.6 is 0 Å². The van der Waals surface area contributed by atoms with Crippen molar-refractivity contribution in [1.82, 2.24) is 0 Å². The summed E-state index contributed by atoms with van der Waals surface area (Å²) in [7, 11) is 0. The van der Waals surface area contributed by atoms with Gasteiger partial charge in [-0.25, -0.2) is 0 Å². The number of benzene rings is 2. The molecule has 5 heteroatoms. The molecule has 0 saturated carbocycles. The lowest BCUT2D eigenvalue weighted by Gasteiger charge is -2.11. The molecule has 0 fully saturated rings. The predicted octanol–water partition coefficient (Wildman–Crippen LogP) is 3.02. The Bertz CT molecular complexity index is 725. The number of nitrogens with zero attached hydrogens (tertiary/aromatic N) is 2. The summed E-state index contributed by atoms with van der Waals surface area (Å²) in [6.45, 7) is 0. The highest BCUT2D eigenvalue weighted by Crippen LogP contribution is 2.17. The van der Waals surface area contributed by atoms with Gasteiger partial charge in [-0.2, -0.15) is 4.79 Å². The summed E-state index contributed by atoms with van der Waals surface area (Å²) in [5.41, 5.74) is 9.52. The molecule has 0 N–H and O–H groups in total. The fraction of sp³-hybridized carbons (Fsp3) is 0.158. The third kappa shape index (κ3) is 4.66. The number of ketones is 3. The van der Waals surface area contributed by atoms with E-state index < -0.39 is 11.7 Å². The summed E-state index contributed by atoms with van der Waals surface area (Å²) in [5.74, 6) is -1.88. The number of carbonyl (C=O) groups excluding carboxylic acids is 3. The van der Waals surface area contributed by atoms with Gasteiger partial charge in [-0.15, -0.1) is 0 Å². The molecular formula is C19H16N2O3. The molecule has 0 amide bonds. The molecule has 2 aromatic carbocycles. The Morgan fingerprint density at radius 2 is 1.25 bits per heavy atom. The summed E-state index contributed by atoms with van der Waals surface area (Å²) in [6, 6.07) is 17.1. The second-order valence-electron chi connectivity index (χ2n) is 5.33. The van der Waals surface area contributed by atoms with Crippen molar-refractivity contribution >= 4 is 23.6 Å². The van der Waals surface area contributed by atoms with Crippen molar-refractivity contribution in [2.24, 2.45) is 5.92 Å². The maximum absolute atomic E-state index is 12.3. The molecule has 24 heavy (non-hydrogen) atoms. The third-order valence-corrected chi connectivity index (χ3v) is 3.64. The van der Waals surface area contributed by atoms with E-state index in [1.165, 1.54) is 0 Å². The molecule has 0 aliphatic heterocycles. The fourth-order valence-corrected chi connectivity index (χ4v) is 2.37. The summed E-state index contributed by atoms with van der Waals surface area (Å²) < 4.78 is 0. The first kappa shape index (κ1) is 17.2. The summed E-state index contributed by atoms with van der Waals surface area (Å²) >= 11 is 0. The van der Waals surface area contributed by atoms with E-state index in [0.29, 0.717) is 11.1 Å². The van der Waals surface area contributed by atoms with Gasteiger partial charge in [-0.1, -0.05) is 60.7 Å². The molecule has 0 aliphatic rings. The minimum absolute atomic E-state index is 0.118. The van der Waals surface area contributed by atoms with Crippen molar-refractivity contribution in [3.63, 3.8) is 0 Å². The van der Waals surface area contributed by atoms with Gasteiger partial charge in [0.25, 0.3) is 0 Å². The fourth-order valence-electron chi connectivity index (χ4n) is 2.37. The number of carbonyl (C=O) groups is 3. The molecule has 0 spiro atoms. The van der Waals surface area contributed by atoms with Crippen LogP contribution in [-0.4, -0.2) is 28.4 Å². The van der Waals surface area contributed by atoms with Crippen molar-refractivity contribution in [2.45, 2.75) is 12.8 Å². The summed E-state index contributed by atoms with van der Waals surface area (Å²) in [4.78, 5) is 39.4. The maximum Gasteiger partial charge on any atom is 0.323 e. The van der Waals surface area contributed by atoms with Crippen LogP contribution in [0.15, 0.2) is 60.7 Å². The molecule has 2 rings (SSSR count). The highest BCUT2D eigenvalue weighted by molar-refractivity contribution is 6.27. The molecule has 0 aliphatic carbocycles. The largest absolute Gasteiger partial charge is 0.361 e.